The lowest BCUT2D eigenvalue weighted by Crippen LogP contribution is -2.36. The summed E-state index contributed by atoms with van der Waals surface area (Å²) in [6.45, 7) is 8.84. The lowest BCUT2D eigenvalue weighted by atomic mass is 9.86. The normalized spacial score (nSPS) is 14.7. The lowest BCUT2D eigenvalue weighted by Gasteiger charge is -2.22. The van der Waals surface area contributed by atoms with E-state index in [1.807, 2.05) is 6.92 Å². The van der Waals surface area contributed by atoms with Gasteiger partial charge in [-0.25, -0.2) is 4.79 Å². The van der Waals surface area contributed by atoms with Crippen molar-refractivity contribution >= 4 is 18.0 Å². The van der Waals surface area contributed by atoms with Gasteiger partial charge in [-0.2, -0.15) is 0 Å². The monoisotopic (exact) mass is 331 g/mol. The molecule has 0 fully saturated rings. The molecule has 0 aromatic rings. The summed E-state index contributed by atoms with van der Waals surface area (Å²) < 4.78 is 9.46. The van der Waals surface area contributed by atoms with Gasteiger partial charge in [-0.15, -0.1) is 0 Å². The van der Waals surface area contributed by atoms with E-state index in [1.165, 1.54) is 13.8 Å². The minimum absolute atomic E-state index is 0.0183. The quantitative estimate of drug-likeness (QED) is 0.471. The molecule has 0 radical (unpaired) electrons. The summed E-state index contributed by atoms with van der Waals surface area (Å²) in [6.07, 6.45) is 0.537. The number of hydrogen-bond donors (Lipinski definition) is 2. The van der Waals surface area contributed by atoms with Crippen LogP contribution >= 0.6 is 0 Å². The fourth-order valence-corrected chi connectivity index (χ4v) is 2.43. The number of carbonyl (C=O) groups excluding carboxylic acids is 2. The predicted octanol–water partition coefficient (Wildman–Crippen LogP) is 2.78. The number of esters is 1. The Morgan fingerprint density at radius 2 is 1.70 bits per heavy atom. The molecule has 0 aromatic heterocycles. The molecule has 0 aromatic carbocycles. The zero-order valence-electron chi connectivity index (χ0n) is 14.6. The molecular weight excluding hydrogens is 302 g/mol. The van der Waals surface area contributed by atoms with Gasteiger partial charge in [0.15, 0.2) is 0 Å². The predicted molar refractivity (Wildman–Crippen MR) is 84.7 cm³/mol. The third kappa shape index (κ3) is 10.5. The van der Waals surface area contributed by atoms with Gasteiger partial charge >= 0.3 is 18.0 Å². The highest BCUT2D eigenvalue weighted by atomic mass is 16.7. The Balaban J connectivity index is 4.40. The van der Waals surface area contributed by atoms with Crippen LogP contribution in [0.4, 0.5) is 4.79 Å². The summed E-state index contributed by atoms with van der Waals surface area (Å²) in [6, 6.07) is 0. The van der Waals surface area contributed by atoms with Crippen molar-refractivity contribution in [2.24, 2.45) is 17.8 Å². The third-order valence-electron chi connectivity index (χ3n) is 3.45. The fourth-order valence-electron chi connectivity index (χ4n) is 2.43. The molecule has 23 heavy (non-hydrogen) atoms. The van der Waals surface area contributed by atoms with Gasteiger partial charge in [-0.05, 0) is 24.7 Å². The van der Waals surface area contributed by atoms with Gasteiger partial charge in [0.05, 0.1) is 5.92 Å². The SMILES string of the molecule is CC[C@@H](CC(C)C)C[C@@H](CNC(=O)O[C@@H](C)OC(C)=O)C(=O)O. The Morgan fingerprint density at radius 3 is 2.13 bits per heavy atom. The number of carboxylic acid groups (broad SMARTS) is 1. The Bertz CT molecular complexity index is 396. The van der Waals surface area contributed by atoms with Crippen molar-refractivity contribution in [3.63, 3.8) is 0 Å². The average molecular weight is 331 g/mol. The molecule has 0 saturated carbocycles. The van der Waals surface area contributed by atoms with E-state index >= 15 is 0 Å². The lowest BCUT2D eigenvalue weighted by molar-refractivity contribution is -0.162. The van der Waals surface area contributed by atoms with E-state index in [4.69, 9.17) is 4.74 Å². The molecule has 7 heteroatoms. The van der Waals surface area contributed by atoms with Crippen LogP contribution in [-0.2, 0) is 19.1 Å². The summed E-state index contributed by atoms with van der Waals surface area (Å²) >= 11 is 0. The van der Waals surface area contributed by atoms with Gasteiger partial charge in [0.25, 0.3) is 0 Å². The topological polar surface area (TPSA) is 102 Å². The number of aliphatic carboxylic acids is 1. The van der Waals surface area contributed by atoms with Crippen LogP contribution in [0.2, 0.25) is 0 Å². The van der Waals surface area contributed by atoms with Crippen LogP contribution in [0.3, 0.4) is 0 Å². The number of ether oxygens (including phenoxy) is 2. The van der Waals surface area contributed by atoms with Gasteiger partial charge in [-0.1, -0.05) is 27.2 Å². The van der Waals surface area contributed by atoms with Crippen LogP contribution in [0.25, 0.3) is 0 Å². The van der Waals surface area contributed by atoms with Crippen LogP contribution < -0.4 is 5.32 Å². The van der Waals surface area contributed by atoms with Crippen molar-refractivity contribution in [2.75, 3.05) is 6.54 Å². The first-order valence-electron chi connectivity index (χ1n) is 8.00. The molecule has 1 amide bonds. The number of nitrogens with one attached hydrogen (secondary N) is 1. The Labute approximate surface area is 137 Å². The van der Waals surface area contributed by atoms with Gasteiger partial charge in [0.2, 0.25) is 6.29 Å². The summed E-state index contributed by atoms with van der Waals surface area (Å²) in [5, 5.41) is 11.7. The number of alkyl carbamates (subject to hydrolysis) is 1. The summed E-state index contributed by atoms with van der Waals surface area (Å²) in [5.74, 6) is -1.38. The van der Waals surface area contributed by atoms with Crippen molar-refractivity contribution in [3.05, 3.63) is 0 Å². The molecule has 134 valence electrons. The summed E-state index contributed by atoms with van der Waals surface area (Å²) in [7, 11) is 0. The number of rotatable bonds is 10. The van der Waals surface area contributed by atoms with E-state index in [9.17, 15) is 19.5 Å². The highest BCUT2D eigenvalue weighted by Gasteiger charge is 2.23. The molecule has 0 bridgehead atoms. The average Bonchev–Trinajstić information content (AvgIpc) is 2.39. The molecule has 0 heterocycles. The van der Waals surface area contributed by atoms with Crippen LogP contribution in [0.5, 0.6) is 0 Å². The number of carbonyl (C=O) groups is 3. The molecule has 0 aliphatic rings. The molecule has 0 aliphatic heterocycles. The second-order valence-corrected chi connectivity index (χ2v) is 6.14. The van der Waals surface area contributed by atoms with Crippen molar-refractivity contribution < 1.29 is 29.0 Å². The number of carboxylic acids is 1. The second kappa shape index (κ2) is 10.9. The largest absolute Gasteiger partial charge is 0.481 e. The Kier molecular flexibility index (Phi) is 10.0. The maximum absolute atomic E-state index is 11.6. The smallest absolute Gasteiger partial charge is 0.410 e. The maximum atomic E-state index is 11.6. The first kappa shape index (κ1) is 21.2. The van der Waals surface area contributed by atoms with E-state index in [-0.39, 0.29) is 6.54 Å². The summed E-state index contributed by atoms with van der Waals surface area (Å²) in [4.78, 5) is 33.7. The molecule has 0 spiro atoms. The third-order valence-corrected chi connectivity index (χ3v) is 3.45. The molecule has 0 aliphatic carbocycles. The van der Waals surface area contributed by atoms with E-state index in [0.717, 1.165) is 12.8 Å². The maximum Gasteiger partial charge on any atom is 0.410 e. The van der Waals surface area contributed by atoms with Crippen LogP contribution in [0.1, 0.15) is 53.9 Å². The van der Waals surface area contributed by atoms with Crippen molar-refractivity contribution in [1.82, 2.24) is 5.32 Å². The minimum Gasteiger partial charge on any atom is -0.481 e. The van der Waals surface area contributed by atoms with E-state index < -0.39 is 30.2 Å². The van der Waals surface area contributed by atoms with Gasteiger partial charge in [-0.3, -0.25) is 9.59 Å². The highest BCUT2D eigenvalue weighted by Crippen LogP contribution is 2.23. The standard InChI is InChI=1S/C16H29NO6/c1-6-13(7-10(2)3)8-14(15(19)20)9-17-16(21)23-12(5)22-11(4)18/h10,12-14H,6-9H2,1-5H3,(H,17,21)(H,19,20)/t12-,13-,14-/m0/s1. The molecule has 0 saturated heterocycles. The number of amides is 1. The zero-order valence-corrected chi connectivity index (χ0v) is 14.6. The highest BCUT2D eigenvalue weighted by molar-refractivity contribution is 5.72. The van der Waals surface area contributed by atoms with Crippen molar-refractivity contribution in [3.8, 4) is 0 Å². The van der Waals surface area contributed by atoms with Crippen LogP contribution in [0.15, 0.2) is 0 Å². The molecule has 0 unspecified atom stereocenters. The summed E-state index contributed by atoms with van der Waals surface area (Å²) in [5.41, 5.74) is 0. The van der Waals surface area contributed by atoms with Gasteiger partial charge in [0, 0.05) is 20.4 Å². The minimum atomic E-state index is -1.01. The molecular formula is C16H29NO6. The fraction of sp³-hybridized carbons (Fsp3) is 0.812. The Morgan fingerprint density at radius 1 is 1.09 bits per heavy atom. The number of hydrogen-bond acceptors (Lipinski definition) is 5. The molecule has 0 rings (SSSR count). The van der Waals surface area contributed by atoms with E-state index in [2.05, 4.69) is 23.9 Å². The van der Waals surface area contributed by atoms with E-state index in [1.54, 1.807) is 0 Å². The van der Waals surface area contributed by atoms with Crippen molar-refractivity contribution in [2.45, 2.75) is 60.2 Å². The van der Waals surface area contributed by atoms with Crippen LogP contribution in [-0.4, -0.2) is 36.0 Å². The first-order chi connectivity index (χ1) is 10.6. The van der Waals surface area contributed by atoms with Gasteiger partial charge in [0.1, 0.15) is 0 Å². The van der Waals surface area contributed by atoms with Crippen LogP contribution in [0, 0.1) is 17.8 Å². The molecule has 2 N–H and O–H groups in total. The second-order valence-electron chi connectivity index (χ2n) is 6.14. The molecule has 3 atom stereocenters. The zero-order chi connectivity index (χ0) is 18.0. The Hall–Kier alpha value is -1.79. The van der Waals surface area contributed by atoms with Crippen molar-refractivity contribution in [1.29, 1.82) is 0 Å². The van der Waals surface area contributed by atoms with E-state index in [0.29, 0.717) is 18.3 Å². The first-order valence-corrected chi connectivity index (χ1v) is 8.00. The van der Waals surface area contributed by atoms with Gasteiger partial charge < -0.3 is 19.9 Å². The molecule has 7 nitrogen and oxygen atoms in total.